The Morgan fingerprint density at radius 1 is 1.03 bits per heavy atom. The molecule has 1 aromatic rings. The van der Waals surface area contributed by atoms with Crippen LogP contribution >= 0.6 is 0 Å². The van der Waals surface area contributed by atoms with Gasteiger partial charge in [0, 0.05) is 6.08 Å². The molecule has 2 aliphatic carbocycles. The van der Waals surface area contributed by atoms with Crippen LogP contribution in [0.3, 0.4) is 0 Å². The molecule has 0 spiro atoms. The van der Waals surface area contributed by atoms with E-state index in [1.54, 1.807) is 6.08 Å². The van der Waals surface area contributed by atoms with E-state index >= 15 is 0 Å². The standard InChI is InChI=1S/C30H41NO2/c1-2-3-9-24-11-15-26(16-12-24)27-19-21-29(22-20-27)33-30(32)28-17-13-25(14-18-28)10-7-5-4-6-8-23-31/h4-6,8,11-12,15-16,25,27-29H,2-3,7,9-10,13-14,17-22H2,1H3. The number of esters is 1. The molecule has 2 saturated carbocycles. The lowest BCUT2D eigenvalue weighted by Gasteiger charge is -2.31. The second-order valence-electron chi connectivity index (χ2n) is 9.97. The summed E-state index contributed by atoms with van der Waals surface area (Å²) in [6.07, 6.45) is 21.8. The number of aryl methyl sites for hydroxylation is 1. The van der Waals surface area contributed by atoms with E-state index in [4.69, 9.17) is 10.00 Å². The van der Waals surface area contributed by atoms with Crippen molar-refractivity contribution >= 4 is 5.97 Å². The number of benzene rings is 1. The molecule has 33 heavy (non-hydrogen) atoms. The number of allylic oxidation sites excluding steroid dienone is 4. The largest absolute Gasteiger partial charge is 0.462 e. The van der Waals surface area contributed by atoms with Gasteiger partial charge in [0.15, 0.2) is 0 Å². The fourth-order valence-electron chi connectivity index (χ4n) is 5.40. The third-order valence-corrected chi connectivity index (χ3v) is 7.57. The van der Waals surface area contributed by atoms with Crippen molar-refractivity contribution in [3.8, 4) is 6.07 Å². The van der Waals surface area contributed by atoms with Gasteiger partial charge >= 0.3 is 5.97 Å². The molecule has 2 aliphatic rings. The number of hydrogen-bond acceptors (Lipinski definition) is 3. The van der Waals surface area contributed by atoms with Gasteiger partial charge in [0.05, 0.1) is 12.0 Å². The van der Waals surface area contributed by atoms with Gasteiger partial charge in [-0.25, -0.2) is 0 Å². The van der Waals surface area contributed by atoms with E-state index in [0.29, 0.717) is 11.8 Å². The smallest absolute Gasteiger partial charge is 0.309 e. The number of rotatable bonds is 10. The van der Waals surface area contributed by atoms with Gasteiger partial charge in [-0.15, -0.1) is 0 Å². The van der Waals surface area contributed by atoms with E-state index in [9.17, 15) is 4.79 Å². The number of ether oxygens (including phenoxy) is 1. The SMILES string of the molecule is CCCCc1ccc(C2CCC(OC(=O)C3CCC(CCC=CC=CC#N)CC3)CC2)cc1. The molecule has 0 radical (unpaired) electrons. The summed E-state index contributed by atoms with van der Waals surface area (Å²) < 4.78 is 5.97. The van der Waals surface area contributed by atoms with E-state index in [2.05, 4.69) is 37.3 Å². The van der Waals surface area contributed by atoms with Crippen molar-refractivity contribution in [3.05, 3.63) is 59.7 Å². The molecule has 0 unspecified atom stereocenters. The summed E-state index contributed by atoms with van der Waals surface area (Å²) in [6.45, 7) is 2.24. The fraction of sp³-hybridized carbons (Fsp3) is 0.600. The van der Waals surface area contributed by atoms with Crippen LogP contribution in [-0.4, -0.2) is 12.1 Å². The molecule has 3 nitrogen and oxygen atoms in total. The summed E-state index contributed by atoms with van der Waals surface area (Å²) in [5.74, 6) is 1.48. The van der Waals surface area contributed by atoms with Crippen molar-refractivity contribution in [1.82, 2.24) is 0 Å². The Morgan fingerprint density at radius 3 is 2.42 bits per heavy atom. The van der Waals surface area contributed by atoms with Gasteiger partial charge in [-0.3, -0.25) is 4.79 Å². The maximum absolute atomic E-state index is 12.7. The fourth-order valence-corrected chi connectivity index (χ4v) is 5.40. The van der Waals surface area contributed by atoms with E-state index < -0.39 is 0 Å². The molecule has 1 aromatic carbocycles. The number of hydrogen-bond donors (Lipinski definition) is 0. The maximum atomic E-state index is 12.7. The quantitative estimate of drug-likeness (QED) is 0.209. The Labute approximate surface area is 200 Å². The molecular formula is C30H41NO2. The Hall–Kier alpha value is -2.34. The van der Waals surface area contributed by atoms with Crippen LogP contribution in [-0.2, 0) is 16.0 Å². The summed E-state index contributed by atoms with van der Waals surface area (Å²) in [7, 11) is 0. The monoisotopic (exact) mass is 447 g/mol. The highest BCUT2D eigenvalue weighted by molar-refractivity contribution is 5.72. The summed E-state index contributed by atoms with van der Waals surface area (Å²) in [5.41, 5.74) is 2.90. The van der Waals surface area contributed by atoms with Gasteiger partial charge in [-0.05, 0) is 100 Å². The Morgan fingerprint density at radius 2 is 1.76 bits per heavy atom. The molecule has 0 bridgehead atoms. The van der Waals surface area contributed by atoms with Crippen LogP contribution in [0.2, 0.25) is 0 Å². The number of nitriles is 1. The van der Waals surface area contributed by atoms with Crippen molar-refractivity contribution in [2.75, 3.05) is 0 Å². The molecule has 0 saturated heterocycles. The van der Waals surface area contributed by atoms with Gasteiger partial charge in [0.2, 0.25) is 0 Å². The minimum atomic E-state index is 0.0544. The van der Waals surface area contributed by atoms with E-state index in [0.717, 1.165) is 57.8 Å². The molecule has 0 N–H and O–H groups in total. The maximum Gasteiger partial charge on any atom is 0.309 e. The van der Waals surface area contributed by atoms with Gasteiger partial charge in [-0.1, -0.05) is 55.8 Å². The van der Waals surface area contributed by atoms with Crippen LogP contribution < -0.4 is 0 Å². The van der Waals surface area contributed by atoms with E-state index in [1.165, 1.54) is 42.9 Å². The number of nitrogens with zero attached hydrogens (tertiary/aromatic N) is 1. The summed E-state index contributed by atoms with van der Waals surface area (Å²) in [4.78, 5) is 12.7. The predicted octanol–water partition coefficient (Wildman–Crippen LogP) is 7.82. The van der Waals surface area contributed by atoms with Crippen LogP contribution in [0, 0.1) is 23.2 Å². The van der Waals surface area contributed by atoms with Crippen molar-refractivity contribution in [3.63, 3.8) is 0 Å². The second-order valence-corrected chi connectivity index (χ2v) is 9.97. The van der Waals surface area contributed by atoms with Crippen molar-refractivity contribution in [2.45, 2.75) is 102 Å². The molecule has 178 valence electrons. The van der Waals surface area contributed by atoms with Gasteiger partial charge in [0.25, 0.3) is 0 Å². The lowest BCUT2D eigenvalue weighted by Crippen LogP contribution is -2.29. The van der Waals surface area contributed by atoms with Crippen molar-refractivity contribution < 1.29 is 9.53 Å². The highest BCUT2D eigenvalue weighted by Crippen LogP contribution is 2.36. The lowest BCUT2D eigenvalue weighted by molar-refractivity contribution is -0.157. The van der Waals surface area contributed by atoms with Crippen LogP contribution in [0.5, 0.6) is 0 Å². The topological polar surface area (TPSA) is 50.1 Å². The van der Waals surface area contributed by atoms with E-state index in [1.807, 2.05) is 12.1 Å². The highest BCUT2D eigenvalue weighted by Gasteiger charge is 2.30. The summed E-state index contributed by atoms with van der Waals surface area (Å²) in [5, 5.41) is 8.48. The zero-order valence-corrected chi connectivity index (χ0v) is 20.4. The highest BCUT2D eigenvalue weighted by atomic mass is 16.5. The minimum Gasteiger partial charge on any atom is -0.462 e. The molecule has 0 amide bonds. The number of unbranched alkanes of at least 4 members (excludes halogenated alkanes) is 1. The number of carbonyl (C=O) groups is 1. The predicted molar refractivity (Wildman–Crippen MR) is 135 cm³/mol. The average Bonchev–Trinajstić information content (AvgIpc) is 2.86. The third kappa shape index (κ3) is 8.50. The second kappa shape index (κ2) is 14.0. The van der Waals surface area contributed by atoms with Crippen molar-refractivity contribution in [1.29, 1.82) is 5.26 Å². The van der Waals surface area contributed by atoms with Gasteiger partial charge in [-0.2, -0.15) is 5.26 Å². The zero-order valence-electron chi connectivity index (χ0n) is 20.4. The normalized spacial score (nSPS) is 25.8. The van der Waals surface area contributed by atoms with Crippen molar-refractivity contribution in [2.24, 2.45) is 11.8 Å². The first kappa shape index (κ1) is 25.3. The van der Waals surface area contributed by atoms with Crippen LogP contribution in [0.25, 0.3) is 0 Å². The zero-order chi connectivity index (χ0) is 23.3. The average molecular weight is 448 g/mol. The third-order valence-electron chi connectivity index (χ3n) is 7.57. The summed E-state index contributed by atoms with van der Waals surface area (Å²) >= 11 is 0. The molecule has 0 atom stereocenters. The Balaban J connectivity index is 1.33. The van der Waals surface area contributed by atoms with E-state index in [-0.39, 0.29) is 18.0 Å². The number of carbonyl (C=O) groups excluding carboxylic acids is 1. The van der Waals surface area contributed by atoms with Gasteiger partial charge in [0.1, 0.15) is 6.10 Å². The first-order valence-corrected chi connectivity index (χ1v) is 13.2. The van der Waals surface area contributed by atoms with Gasteiger partial charge < -0.3 is 4.74 Å². The summed E-state index contributed by atoms with van der Waals surface area (Å²) in [6, 6.07) is 11.2. The van der Waals surface area contributed by atoms with Crippen LogP contribution in [0.4, 0.5) is 0 Å². The molecular weight excluding hydrogens is 406 g/mol. The van der Waals surface area contributed by atoms with Crippen LogP contribution in [0.15, 0.2) is 48.6 Å². The molecule has 0 aliphatic heterocycles. The Kier molecular flexibility index (Phi) is 10.8. The minimum absolute atomic E-state index is 0.0544. The first-order valence-electron chi connectivity index (χ1n) is 13.2. The molecule has 0 aromatic heterocycles. The molecule has 3 rings (SSSR count). The lowest BCUT2D eigenvalue weighted by atomic mass is 9.79. The first-order chi connectivity index (χ1) is 16.2. The molecule has 0 heterocycles. The molecule has 2 fully saturated rings. The molecule has 3 heteroatoms. The Bertz CT molecular complexity index is 801. The van der Waals surface area contributed by atoms with Crippen LogP contribution in [0.1, 0.15) is 101 Å².